The quantitative estimate of drug-likeness (QED) is 0.204. The maximum atomic E-state index is 11.7. The summed E-state index contributed by atoms with van der Waals surface area (Å²) < 4.78 is 3.00. The Bertz CT molecular complexity index is 177. The number of carbonyl (C=O) groups is 1. The topological polar surface area (TPSA) is 67.1 Å². The lowest BCUT2D eigenvalue weighted by molar-refractivity contribution is -0.124. The zero-order valence-corrected chi connectivity index (χ0v) is 12.6. The number of thiol groups is 1. The molecule has 16 heavy (non-hydrogen) atoms. The smallest absolute Gasteiger partial charge is 0.224 e. The molecule has 0 aliphatic rings. The van der Waals surface area contributed by atoms with Crippen LogP contribution in [0.15, 0.2) is 0 Å². The minimum absolute atomic E-state index is 0.0314. The summed E-state index contributed by atoms with van der Waals surface area (Å²) in [6.45, 7) is 2.19. The standard InChI is InChI=1S/C10H22IN3OS/c11-14-8-9(4-7-16)10(15)13-6-3-1-2-5-12/h9,14,16H,1-8,12H2,(H,13,15). The lowest BCUT2D eigenvalue weighted by Gasteiger charge is -2.14. The van der Waals surface area contributed by atoms with Crippen LogP contribution in [0.5, 0.6) is 0 Å². The SMILES string of the molecule is NCCCCCNC(=O)C(CCS)CNI. The molecule has 0 bridgehead atoms. The third-order valence-electron chi connectivity index (χ3n) is 2.35. The van der Waals surface area contributed by atoms with Crippen molar-refractivity contribution >= 4 is 41.4 Å². The monoisotopic (exact) mass is 359 g/mol. The van der Waals surface area contributed by atoms with Gasteiger partial charge >= 0.3 is 0 Å². The van der Waals surface area contributed by atoms with E-state index in [4.69, 9.17) is 5.73 Å². The molecule has 0 saturated carbocycles. The van der Waals surface area contributed by atoms with Crippen LogP contribution < -0.4 is 14.6 Å². The van der Waals surface area contributed by atoms with Gasteiger partial charge in [0.15, 0.2) is 0 Å². The number of rotatable bonds is 10. The fraction of sp³-hybridized carbons (Fsp3) is 0.900. The zero-order valence-electron chi connectivity index (χ0n) is 9.54. The van der Waals surface area contributed by atoms with Crippen LogP contribution in [0.4, 0.5) is 0 Å². The van der Waals surface area contributed by atoms with E-state index in [0.717, 1.165) is 44.5 Å². The van der Waals surface area contributed by atoms with E-state index in [1.165, 1.54) is 0 Å². The minimum Gasteiger partial charge on any atom is -0.356 e. The van der Waals surface area contributed by atoms with Crippen molar-refractivity contribution in [3.63, 3.8) is 0 Å². The Balaban J connectivity index is 3.65. The molecule has 4 N–H and O–H groups in total. The lowest BCUT2D eigenvalue weighted by Crippen LogP contribution is -2.35. The van der Waals surface area contributed by atoms with Crippen LogP contribution in [-0.2, 0) is 4.79 Å². The van der Waals surface area contributed by atoms with E-state index in [0.29, 0.717) is 6.54 Å². The molecule has 4 nitrogen and oxygen atoms in total. The normalized spacial score (nSPS) is 12.4. The van der Waals surface area contributed by atoms with E-state index in [1.54, 1.807) is 0 Å². The van der Waals surface area contributed by atoms with E-state index in [2.05, 4.69) is 44.3 Å². The second-order valence-electron chi connectivity index (χ2n) is 3.69. The van der Waals surface area contributed by atoms with Gasteiger partial charge in [-0.2, -0.15) is 12.6 Å². The highest BCUT2D eigenvalue weighted by atomic mass is 127. The van der Waals surface area contributed by atoms with Gasteiger partial charge in [-0.25, -0.2) is 0 Å². The first kappa shape index (κ1) is 16.5. The largest absolute Gasteiger partial charge is 0.356 e. The summed E-state index contributed by atoms with van der Waals surface area (Å²) in [4.78, 5) is 11.7. The first-order valence-corrected chi connectivity index (χ1v) is 7.39. The van der Waals surface area contributed by atoms with Crippen molar-refractivity contribution in [1.29, 1.82) is 0 Å². The Morgan fingerprint density at radius 2 is 2.12 bits per heavy atom. The fourth-order valence-corrected chi connectivity index (χ4v) is 2.22. The van der Waals surface area contributed by atoms with Gasteiger partial charge in [0, 0.05) is 36.0 Å². The molecule has 0 radical (unpaired) electrons. The van der Waals surface area contributed by atoms with E-state index < -0.39 is 0 Å². The Hall–Kier alpha value is 0.470. The average molecular weight is 359 g/mol. The second kappa shape index (κ2) is 11.9. The molecule has 1 amide bonds. The highest BCUT2D eigenvalue weighted by molar-refractivity contribution is 14.1. The summed E-state index contributed by atoms with van der Waals surface area (Å²) in [7, 11) is 0. The summed E-state index contributed by atoms with van der Waals surface area (Å²) in [5.74, 6) is 0.902. The highest BCUT2D eigenvalue weighted by Crippen LogP contribution is 2.04. The van der Waals surface area contributed by atoms with Crippen LogP contribution >= 0.6 is 35.5 Å². The molecule has 0 heterocycles. The Morgan fingerprint density at radius 1 is 1.38 bits per heavy atom. The molecule has 6 heteroatoms. The van der Waals surface area contributed by atoms with Gasteiger partial charge in [-0.3, -0.25) is 8.32 Å². The van der Waals surface area contributed by atoms with Crippen molar-refractivity contribution in [2.75, 3.05) is 25.4 Å². The number of amides is 1. The molecule has 0 rings (SSSR count). The minimum atomic E-state index is 0.0314. The second-order valence-corrected chi connectivity index (χ2v) is 4.90. The van der Waals surface area contributed by atoms with Crippen LogP contribution in [0.2, 0.25) is 0 Å². The number of hydrogen-bond donors (Lipinski definition) is 4. The van der Waals surface area contributed by atoms with Gasteiger partial charge in [-0.15, -0.1) is 0 Å². The third-order valence-corrected chi connectivity index (χ3v) is 3.05. The number of unbranched alkanes of at least 4 members (excludes halogenated alkanes) is 2. The number of nitrogens with two attached hydrogens (primary N) is 1. The van der Waals surface area contributed by atoms with Gasteiger partial charge in [-0.05, 0) is 31.6 Å². The molecule has 0 aliphatic heterocycles. The summed E-state index contributed by atoms with van der Waals surface area (Å²) in [5.41, 5.74) is 5.39. The number of carbonyl (C=O) groups excluding carboxylic acids is 1. The summed E-state index contributed by atoms with van der Waals surface area (Å²) in [6.07, 6.45) is 3.94. The molecule has 0 aromatic heterocycles. The van der Waals surface area contributed by atoms with Crippen LogP contribution in [0, 0.1) is 5.92 Å². The molecule has 96 valence electrons. The van der Waals surface area contributed by atoms with Crippen molar-refractivity contribution in [1.82, 2.24) is 8.85 Å². The maximum absolute atomic E-state index is 11.7. The van der Waals surface area contributed by atoms with Gasteiger partial charge in [0.2, 0.25) is 5.91 Å². The van der Waals surface area contributed by atoms with Crippen LogP contribution in [-0.4, -0.2) is 31.3 Å². The van der Waals surface area contributed by atoms with Crippen molar-refractivity contribution < 1.29 is 4.79 Å². The van der Waals surface area contributed by atoms with Crippen LogP contribution in [0.3, 0.4) is 0 Å². The third kappa shape index (κ3) is 8.60. The summed E-state index contributed by atoms with van der Waals surface area (Å²) in [6, 6.07) is 0. The predicted molar refractivity (Wildman–Crippen MR) is 79.9 cm³/mol. The van der Waals surface area contributed by atoms with E-state index in [1.807, 2.05) is 0 Å². The van der Waals surface area contributed by atoms with E-state index in [9.17, 15) is 4.79 Å². The van der Waals surface area contributed by atoms with E-state index in [-0.39, 0.29) is 11.8 Å². The molecule has 0 aromatic carbocycles. The molecule has 1 atom stereocenters. The fourth-order valence-electron chi connectivity index (χ4n) is 1.38. The Morgan fingerprint density at radius 3 is 2.69 bits per heavy atom. The number of nitrogens with one attached hydrogen (secondary N) is 2. The van der Waals surface area contributed by atoms with Gasteiger partial charge in [0.05, 0.1) is 5.92 Å². The molecule has 0 fully saturated rings. The lowest BCUT2D eigenvalue weighted by atomic mass is 10.1. The highest BCUT2D eigenvalue weighted by Gasteiger charge is 2.16. The average Bonchev–Trinajstić information content (AvgIpc) is 2.28. The molecule has 0 aliphatic carbocycles. The summed E-state index contributed by atoms with van der Waals surface area (Å²) >= 11 is 6.22. The molecule has 0 saturated heterocycles. The first-order valence-electron chi connectivity index (χ1n) is 5.68. The van der Waals surface area contributed by atoms with Crippen LogP contribution in [0.25, 0.3) is 0 Å². The van der Waals surface area contributed by atoms with Gasteiger partial charge in [0.25, 0.3) is 0 Å². The van der Waals surface area contributed by atoms with Crippen molar-refractivity contribution in [3.8, 4) is 0 Å². The summed E-state index contributed by atoms with van der Waals surface area (Å²) in [5, 5.41) is 2.95. The molecular weight excluding hydrogens is 337 g/mol. The number of halogens is 1. The maximum Gasteiger partial charge on any atom is 0.224 e. The van der Waals surface area contributed by atoms with Crippen molar-refractivity contribution in [2.24, 2.45) is 11.7 Å². The Labute approximate surface area is 117 Å². The van der Waals surface area contributed by atoms with Gasteiger partial charge in [0.1, 0.15) is 0 Å². The first-order chi connectivity index (χ1) is 7.76. The van der Waals surface area contributed by atoms with Crippen LogP contribution in [0.1, 0.15) is 25.7 Å². The van der Waals surface area contributed by atoms with E-state index >= 15 is 0 Å². The van der Waals surface area contributed by atoms with Crippen molar-refractivity contribution in [2.45, 2.75) is 25.7 Å². The van der Waals surface area contributed by atoms with Gasteiger partial charge in [-0.1, -0.05) is 6.42 Å². The molecule has 0 spiro atoms. The molecular formula is C10H22IN3OS. The molecule has 1 unspecified atom stereocenters. The molecule has 0 aromatic rings. The predicted octanol–water partition coefficient (Wildman–Crippen LogP) is 1.11. The number of hydrogen-bond acceptors (Lipinski definition) is 4. The van der Waals surface area contributed by atoms with Gasteiger partial charge < -0.3 is 11.1 Å². The van der Waals surface area contributed by atoms with Crippen molar-refractivity contribution in [3.05, 3.63) is 0 Å². The Kier molecular flexibility index (Phi) is 12.3. The zero-order chi connectivity index (χ0) is 12.2.